The van der Waals surface area contributed by atoms with E-state index < -0.39 is 0 Å². The highest BCUT2D eigenvalue weighted by Gasteiger charge is 2.20. The molecule has 0 aliphatic carbocycles. The van der Waals surface area contributed by atoms with E-state index in [0.717, 1.165) is 34.8 Å². The molecule has 0 bridgehead atoms. The summed E-state index contributed by atoms with van der Waals surface area (Å²) in [6.07, 6.45) is 0.774. The number of methoxy groups -OCH3 is 3. The van der Waals surface area contributed by atoms with Gasteiger partial charge in [-0.05, 0) is 67.9 Å². The van der Waals surface area contributed by atoms with Crippen LogP contribution in [0, 0.1) is 0 Å². The van der Waals surface area contributed by atoms with Crippen LogP contribution in [0.3, 0.4) is 0 Å². The molecule has 1 heterocycles. The zero-order valence-electron chi connectivity index (χ0n) is 21.0. The van der Waals surface area contributed by atoms with E-state index in [9.17, 15) is 4.79 Å². The molecule has 0 saturated heterocycles. The Bertz CT molecular complexity index is 1320. The van der Waals surface area contributed by atoms with Crippen LogP contribution in [0.5, 0.6) is 23.0 Å². The van der Waals surface area contributed by atoms with E-state index in [0.29, 0.717) is 30.2 Å². The molecule has 188 valence electrons. The van der Waals surface area contributed by atoms with E-state index in [2.05, 4.69) is 9.88 Å². The van der Waals surface area contributed by atoms with Crippen LogP contribution < -0.4 is 24.3 Å². The number of hydrogen-bond acceptors (Lipinski definition) is 6. The van der Waals surface area contributed by atoms with Crippen LogP contribution in [0.15, 0.2) is 66.7 Å². The second-order valence-electron chi connectivity index (χ2n) is 8.25. The molecule has 4 aromatic rings. The lowest BCUT2D eigenvalue weighted by molar-refractivity contribution is 0.0937. The first-order valence-corrected chi connectivity index (χ1v) is 11.8. The molecule has 0 fully saturated rings. The summed E-state index contributed by atoms with van der Waals surface area (Å²) >= 11 is 0. The van der Waals surface area contributed by atoms with Crippen LogP contribution in [0.25, 0.3) is 11.0 Å². The van der Waals surface area contributed by atoms with Gasteiger partial charge in [-0.1, -0.05) is 12.1 Å². The molecule has 0 aliphatic heterocycles. The third kappa shape index (κ3) is 5.54. The van der Waals surface area contributed by atoms with Crippen molar-refractivity contribution < 1.29 is 23.7 Å². The smallest absolute Gasteiger partial charge is 0.251 e. The van der Waals surface area contributed by atoms with E-state index in [4.69, 9.17) is 23.9 Å². The lowest BCUT2D eigenvalue weighted by Gasteiger charge is -2.17. The second kappa shape index (κ2) is 11.5. The number of aryl methyl sites for hydroxylation is 1. The highest BCUT2D eigenvalue weighted by Crippen LogP contribution is 2.28. The molecule has 0 aliphatic rings. The summed E-state index contributed by atoms with van der Waals surface area (Å²) < 4.78 is 23.8. The monoisotopic (exact) mass is 489 g/mol. The molecule has 1 amide bonds. The van der Waals surface area contributed by atoms with Gasteiger partial charge >= 0.3 is 0 Å². The molecular formula is C28H31N3O5. The normalized spacial score (nSPS) is 11.7. The molecular weight excluding hydrogens is 458 g/mol. The summed E-state index contributed by atoms with van der Waals surface area (Å²) in [4.78, 5) is 17.8. The quantitative estimate of drug-likeness (QED) is 0.298. The number of amides is 1. The number of rotatable bonds is 11. The van der Waals surface area contributed by atoms with Gasteiger partial charge in [0.2, 0.25) is 0 Å². The minimum absolute atomic E-state index is 0.218. The van der Waals surface area contributed by atoms with Gasteiger partial charge < -0.3 is 28.8 Å². The Kier molecular flexibility index (Phi) is 7.95. The third-order valence-corrected chi connectivity index (χ3v) is 5.92. The summed E-state index contributed by atoms with van der Waals surface area (Å²) in [5.41, 5.74) is 2.38. The van der Waals surface area contributed by atoms with Gasteiger partial charge in [-0.25, -0.2) is 4.98 Å². The molecule has 0 saturated carbocycles. The van der Waals surface area contributed by atoms with Gasteiger partial charge in [0, 0.05) is 12.1 Å². The van der Waals surface area contributed by atoms with Crippen molar-refractivity contribution in [3.05, 3.63) is 78.1 Å². The van der Waals surface area contributed by atoms with Crippen LogP contribution >= 0.6 is 0 Å². The maximum Gasteiger partial charge on any atom is 0.251 e. The summed E-state index contributed by atoms with van der Waals surface area (Å²) in [6.45, 7) is 3.18. The Morgan fingerprint density at radius 2 is 1.64 bits per heavy atom. The van der Waals surface area contributed by atoms with Crippen molar-refractivity contribution in [2.75, 3.05) is 27.9 Å². The lowest BCUT2D eigenvalue weighted by atomic mass is 10.1. The summed E-state index contributed by atoms with van der Waals surface area (Å²) in [6, 6.07) is 20.3. The van der Waals surface area contributed by atoms with Gasteiger partial charge in [0.1, 0.15) is 17.3 Å². The van der Waals surface area contributed by atoms with Gasteiger partial charge in [0.25, 0.3) is 5.91 Å². The number of ether oxygens (including phenoxy) is 4. The van der Waals surface area contributed by atoms with Crippen molar-refractivity contribution in [1.82, 2.24) is 14.9 Å². The molecule has 1 aromatic heterocycles. The number of nitrogens with zero attached hydrogens (tertiary/aromatic N) is 2. The van der Waals surface area contributed by atoms with Crippen LogP contribution in [-0.4, -0.2) is 43.4 Å². The van der Waals surface area contributed by atoms with Crippen LogP contribution in [0.4, 0.5) is 0 Å². The minimum Gasteiger partial charge on any atom is -0.497 e. The number of fused-ring (bicyclic) bond motifs is 1. The van der Waals surface area contributed by atoms with Crippen LogP contribution in [0.1, 0.15) is 35.6 Å². The molecule has 1 atom stereocenters. The van der Waals surface area contributed by atoms with Gasteiger partial charge in [-0.3, -0.25) is 4.79 Å². The topological polar surface area (TPSA) is 83.8 Å². The fraction of sp³-hybridized carbons (Fsp3) is 0.286. The van der Waals surface area contributed by atoms with Crippen molar-refractivity contribution >= 4 is 16.9 Å². The Labute approximate surface area is 210 Å². The number of imidazole rings is 1. The van der Waals surface area contributed by atoms with Gasteiger partial charge in [0.15, 0.2) is 11.5 Å². The van der Waals surface area contributed by atoms with Crippen LogP contribution in [-0.2, 0) is 6.54 Å². The number of carbonyl (C=O) groups excluding carboxylic acids is 1. The van der Waals surface area contributed by atoms with Crippen LogP contribution in [0.2, 0.25) is 0 Å². The van der Waals surface area contributed by atoms with Gasteiger partial charge in [-0.15, -0.1) is 0 Å². The molecule has 3 aromatic carbocycles. The van der Waals surface area contributed by atoms with Crippen molar-refractivity contribution in [3.8, 4) is 23.0 Å². The number of para-hydroxylation sites is 2. The maximum absolute atomic E-state index is 13.0. The largest absolute Gasteiger partial charge is 0.497 e. The average molecular weight is 490 g/mol. The number of carbonyl (C=O) groups is 1. The standard InChI is InChI=1S/C28H31N3O5/c1-19(29-28(32)20-10-15-25(34-3)26(18-20)35-4)27-30-23-8-5-6-9-24(23)31(27)16-7-17-36-22-13-11-21(33-2)12-14-22/h5-6,8-15,18-19H,7,16-17H2,1-4H3,(H,29,32). The molecule has 8 nitrogen and oxygen atoms in total. The van der Waals surface area contributed by atoms with E-state index in [1.54, 1.807) is 39.5 Å². The van der Waals surface area contributed by atoms with Gasteiger partial charge in [0.05, 0.1) is 45.0 Å². The molecule has 1 unspecified atom stereocenters. The summed E-state index contributed by atoms with van der Waals surface area (Å²) in [5, 5.41) is 3.07. The zero-order chi connectivity index (χ0) is 25.5. The minimum atomic E-state index is -0.319. The first-order valence-electron chi connectivity index (χ1n) is 11.8. The van der Waals surface area contributed by atoms with Crippen molar-refractivity contribution in [3.63, 3.8) is 0 Å². The Morgan fingerprint density at radius 3 is 2.36 bits per heavy atom. The van der Waals surface area contributed by atoms with Gasteiger partial charge in [-0.2, -0.15) is 0 Å². The third-order valence-electron chi connectivity index (χ3n) is 5.92. The molecule has 36 heavy (non-hydrogen) atoms. The highest BCUT2D eigenvalue weighted by atomic mass is 16.5. The Hall–Kier alpha value is -4.20. The molecule has 8 heteroatoms. The van der Waals surface area contributed by atoms with E-state index in [1.165, 1.54) is 0 Å². The number of aromatic nitrogens is 2. The highest BCUT2D eigenvalue weighted by molar-refractivity contribution is 5.95. The maximum atomic E-state index is 13.0. The Balaban J connectivity index is 1.46. The summed E-state index contributed by atoms with van der Waals surface area (Å²) in [7, 11) is 4.75. The second-order valence-corrected chi connectivity index (χ2v) is 8.25. The molecule has 4 rings (SSSR count). The van der Waals surface area contributed by atoms with Crippen molar-refractivity contribution in [2.45, 2.75) is 25.9 Å². The first kappa shape index (κ1) is 24.9. The fourth-order valence-corrected chi connectivity index (χ4v) is 4.07. The van der Waals surface area contributed by atoms with E-state index >= 15 is 0 Å². The van der Waals surface area contributed by atoms with E-state index in [-0.39, 0.29) is 11.9 Å². The lowest BCUT2D eigenvalue weighted by Crippen LogP contribution is -2.29. The molecule has 0 radical (unpaired) electrons. The predicted molar refractivity (Wildman–Crippen MR) is 138 cm³/mol. The first-order chi connectivity index (χ1) is 17.5. The van der Waals surface area contributed by atoms with Crippen molar-refractivity contribution in [2.24, 2.45) is 0 Å². The number of benzene rings is 3. The average Bonchev–Trinajstić information content (AvgIpc) is 3.29. The fourth-order valence-electron chi connectivity index (χ4n) is 4.07. The molecule has 1 N–H and O–H groups in total. The zero-order valence-corrected chi connectivity index (χ0v) is 21.0. The number of hydrogen-bond donors (Lipinski definition) is 1. The predicted octanol–water partition coefficient (Wildman–Crippen LogP) is 5.02. The van der Waals surface area contributed by atoms with E-state index in [1.807, 2.05) is 55.5 Å². The molecule has 0 spiro atoms. The summed E-state index contributed by atoms with van der Waals surface area (Å²) in [5.74, 6) is 3.23. The number of nitrogens with one attached hydrogen (secondary N) is 1. The SMILES string of the molecule is COc1ccc(OCCCn2c(C(C)NC(=O)c3ccc(OC)c(OC)c3)nc3ccccc32)cc1. The Morgan fingerprint density at radius 1 is 0.917 bits per heavy atom. The van der Waals surface area contributed by atoms with Crippen molar-refractivity contribution in [1.29, 1.82) is 0 Å².